The summed E-state index contributed by atoms with van der Waals surface area (Å²) in [4.78, 5) is 10.8. The molecule has 0 atom stereocenters. The predicted octanol–water partition coefficient (Wildman–Crippen LogP) is 3.03. The lowest BCUT2D eigenvalue weighted by Crippen LogP contribution is -1.84. The molecule has 2 aromatic rings. The van der Waals surface area contributed by atoms with Crippen LogP contribution in [0.3, 0.4) is 0 Å². The zero-order chi connectivity index (χ0) is 10.1. The molecule has 0 aliphatic rings. The number of hydrogen-bond acceptors (Lipinski definition) is 3. The summed E-state index contributed by atoms with van der Waals surface area (Å²) in [5.74, 6) is 0.409. The maximum atomic E-state index is 10.8. The van der Waals surface area contributed by atoms with Crippen LogP contribution in [0.15, 0.2) is 18.2 Å². The van der Waals surface area contributed by atoms with Gasteiger partial charge in [0.05, 0.1) is 5.00 Å². The van der Waals surface area contributed by atoms with E-state index in [9.17, 15) is 4.79 Å². The van der Waals surface area contributed by atoms with Crippen LogP contribution in [-0.2, 0) is 5.88 Å². The number of nitrogen functional groups attached to an aromatic ring is 1. The first-order valence-electron chi connectivity index (χ1n) is 4.07. The second-order valence-electron chi connectivity index (χ2n) is 3.00. The Hall–Kier alpha value is -1.06. The van der Waals surface area contributed by atoms with Crippen LogP contribution in [0.4, 0.5) is 5.00 Å². The molecule has 1 aromatic carbocycles. The Balaban J connectivity index is 2.78. The van der Waals surface area contributed by atoms with Crippen LogP contribution in [0.2, 0.25) is 0 Å². The highest BCUT2D eigenvalue weighted by Crippen LogP contribution is 2.31. The molecule has 1 heterocycles. The summed E-state index contributed by atoms with van der Waals surface area (Å²) in [6.07, 6.45) is 0.842. The summed E-state index contributed by atoms with van der Waals surface area (Å²) in [7, 11) is 0. The maximum absolute atomic E-state index is 10.8. The molecule has 14 heavy (non-hydrogen) atoms. The van der Waals surface area contributed by atoms with Crippen molar-refractivity contribution in [3.63, 3.8) is 0 Å². The fourth-order valence-corrected chi connectivity index (χ4v) is 2.47. The number of hydrogen-bond donors (Lipinski definition) is 1. The molecule has 0 unspecified atom stereocenters. The fraction of sp³-hybridized carbons (Fsp3) is 0.100. The van der Waals surface area contributed by atoms with Crippen molar-refractivity contribution < 1.29 is 4.79 Å². The highest BCUT2D eigenvalue weighted by atomic mass is 35.5. The van der Waals surface area contributed by atoms with Gasteiger partial charge in [-0.3, -0.25) is 4.79 Å². The molecule has 4 heteroatoms. The van der Waals surface area contributed by atoms with Gasteiger partial charge in [-0.15, -0.1) is 22.9 Å². The molecule has 2 rings (SSSR count). The van der Waals surface area contributed by atoms with E-state index in [-0.39, 0.29) is 0 Å². The lowest BCUT2D eigenvalue weighted by atomic mass is 10.1. The summed E-state index contributed by atoms with van der Waals surface area (Å²) in [6, 6.07) is 5.63. The molecule has 0 saturated heterocycles. The quantitative estimate of drug-likeness (QED) is 0.631. The van der Waals surface area contributed by atoms with E-state index >= 15 is 0 Å². The Labute approximate surface area is 90.3 Å². The Bertz CT molecular complexity index is 492. The van der Waals surface area contributed by atoms with Crippen molar-refractivity contribution in [1.82, 2.24) is 0 Å². The number of halogens is 1. The maximum Gasteiger partial charge on any atom is 0.151 e. The van der Waals surface area contributed by atoms with E-state index in [0.29, 0.717) is 11.4 Å². The molecule has 0 aliphatic carbocycles. The lowest BCUT2D eigenvalue weighted by molar-refractivity contribution is 0.112. The standard InChI is InChI=1S/C10H8ClNOS/c11-4-6-1-7-3-9(12)14-10(7)8(2-6)5-13/h1-3,5H,4,12H2. The minimum atomic E-state index is 0.409. The fourth-order valence-electron chi connectivity index (χ4n) is 1.43. The van der Waals surface area contributed by atoms with E-state index in [1.54, 1.807) is 6.07 Å². The van der Waals surface area contributed by atoms with Crippen LogP contribution in [0.5, 0.6) is 0 Å². The van der Waals surface area contributed by atoms with Crippen LogP contribution in [0, 0.1) is 0 Å². The number of nitrogens with two attached hydrogens (primary N) is 1. The number of benzene rings is 1. The normalized spacial score (nSPS) is 10.6. The van der Waals surface area contributed by atoms with E-state index in [4.69, 9.17) is 17.3 Å². The van der Waals surface area contributed by atoms with Crippen molar-refractivity contribution >= 4 is 44.3 Å². The molecule has 2 N–H and O–H groups in total. The number of thiophene rings is 1. The minimum Gasteiger partial charge on any atom is -0.391 e. The van der Waals surface area contributed by atoms with Gasteiger partial charge in [-0.2, -0.15) is 0 Å². The SMILES string of the molecule is Nc1cc2cc(CCl)cc(C=O)c2s1. The molecule has 2 nitrogen and oxygen atoms in total. The van der Waals surface area contributed by atoms with Crippen LogP contribution in [-0.4, -0.2) is 6.29 Å². The number of aldehydes is 1. The highest BCUT2D eigenvalue weighted by Gasteiger charge is 2.06. The molecule has 0 spiro atoms. The van der Waals surface area contributed by atoms with Gasteiger partial charge in [0.25, 0.3) is 0 Å². The van der Waals surface area contributed by atoms with Crippen LogP contribution in [0.1, 0.15) is 15.9 Å². The number of rotatable bonds is 2. The second-order valence-corrected chi connectivity index (χ2v) is 4.35. The largest absolute Gasteiger partial charge is 0.391 e. The van der Waals surface area contributed by atoms with E-state index < -0.39 is 0 Å². The van der Waals surface area contributed by atoms with Crippen LogP contribution in [0.25, 0.3) is 10.1 Å². The van der Waals surface area contributed by atoms with Gasteiger partial charge in [-0.05, 0) is 29.1 Å². The Kier molecular flexibility index (Phi) is 2.44. The van der Waals surface area contributed by atoms with Gasteiger partial charge in [-0.25, -0.2) is 0 Å². The number of anilines is 1. The van der Waals surface area contributed by atoms with Crippen molar-refractivity contribution in [3.8, 4) is 0 Å². The van der Waals surface area contributed by atoms with Crippen LogP contribution >= 0.6 is 22.9 Å². The topological polar surface area (TPSA) is 43.1 Å². The first-order chi connectivity index (χ1) is 6.74. The molecule has 0 radical (unpaired) electrons. The molecule has 0 amide bonds. The van der Waals surface area contributed by atoms with E-state index in [1.165, 1.54) is 11.3 Å². The number of carbonyl (C=O) groups is 1. The smallest absolute Gasteiger partial charge is 0.151 e. The minimum absolute atomic E-state index is 0.409. The summed E-state index contributed by atoms with van der Waals surface area (Å²) in [5, 5.41) is 1.71. The summed E-state index contributed by atoms with van der Waals surface area (Å²) < 4.78 is 0.936. The van der Waals surface area contributed by atoms with E-state index in [1.807, 2.05) is 12.1 Å². The van der Waals surface area contributed by atoms with Gasteiger partial charge >= 0.3 is 0 Å². The van der Waals surface area contributed by atoms with E-state index in [0.717, 1.165) is 26.9 Å². The molecule has 0 aliphatic heterocycles. The van der Waals surface area contributed by atoms with Crippen molar-refractivity contribution in [2.24, 2.45) is 0 Å². The van der Waals surface area contributed by atoms with Gasteiger partial charge in [0.15, 0.2) is 6.29 Å². The summed E-state index contributed by atoms with van der Waals surface area (Å²) in [6.45, 7) is 0. The number of fused-ring (bicyclic) bond motifs is 1. The Morgan fingerprint density at radius 1 is 1.43 bits per heavy atom. The first kappa shape index (κ1) is 9.49. The van der Waals surface area contributed by atoms with Crippen molar-refractivity contribution in [3.05, 3.63) is 29.3 Å². The van der Waals surface area contributed by atoms with Crippen molar-refractivity contribution in [1.29, 1.82) is 0 Å². The van der Waals surface area contributed by atoms with Gasteiger partial charge in [0.2, 0.25) is 0 Å². The predicted molar refractivity (Wildman–Crippen MR) is 61.2 cm³/mol. The van der Waals surface area contributed by atoms with Gasteiger partial charge < -0.3 is 5.73 Å². The molecule has 0 bridgehead atoms. The lowest BCUT2D eigenvalue weighted by Gasteiger charge is -1.98. The van der Waals surface area contributed by atoms with Crippen molar-refractivity contribution in [2.45, 2.75) is 5.88 Å². The molecule has 0 fully saturated rings. The zero-order valence-electron chi connectivity index (χ0n) is 7.29. The van der Waals surface area contributed by atoms with Gasteiger partial charge in [-0.1, -0.05) is 0 Å². The third kappa shape index (κ3) is 1.49. The van der Waals surface area contributed by atoms with Gasteiger partial charge in [0, 0.05) is 16.1 Å². The first-order valence-corrected chi connectivity index (χ1v) is 5.43. The summed E-state index contributed by atoms with van der Waals surface area (Å²) >= 11 is 7.15. The van der Waals surface area contributed by atoms with E-state index in [2.05, 4.69) is 0 Å². The average molecular weight is 226 g/mol. The number of alkyl halides is 1. The molecular weight excluding hydrogens is 218 g/mol. The zero-order valence-corrected chi connectivity index (χ0v) is 8.86. The van der Waals surface area contributed by atoms with Crippen molar-refractivity contribution in [2.75, 3.05) is 5.73 Å². The second kappa shape index (κ2) is 3.59. The molecule has 72 valence electrons. The highest BCUT2D eigenvalue weighted by molar-refractivity contribution is 7.23. The average Bonchev–Trinajstić information content (AvgIpc) is 2.56. The third-order valence-electron chi connectivity index (χ3n) is 2.01. The Morgan fingerprint density at radius 2 is 2.21 bits per heavy atom. The van der Waals surface area contributed by atoms with Gasteiger partial charge in [0.1, 0.15) is 0 Å². The third-order valence-corrected chi connectivity index (χ3v) is 3.34. The monoisotopic (exact) mass is 225 g/mol. The molecule has 0 saturated carbocycles. The number of carbonyl (C=O) groups excluding carboxylic acids is 1. The Morgan fingerprint density at radius 3 is 2.86 bits per heavy atom. The molecular formula is C10H8ClNOS. The van der Waals surface area contributed by atoms with Crippen LogP contribution < -0.4 is 5.73 Å². The summed E-state index contributed by atoms with van der Waals surface area (Å²) in [5.41, 5.74) is 7.29. The molecule has 1 aromatic heterocycles.